The highest BCUT2D eigenvalue weighted by atomic mass is 32.2. The van der Waals surface area contributed by atoms with Gasteiger partial charge in [0.15, 0.2) is 5.58 Å². The second-order valence-corrected chi connectivity index (χ2v) is 5.12. The van der Waals surface area contributed by atoms with Gasteiger partial charge in [-0.3, -0.25) is 4.79 Å². The summed E-state index contributed by atoms with van der Waals surface area (Å²) in [4.78, 5) is 15.9. The molecule has 20 heavy (non-hydrogen) atoms. The smallest absolute Gasteiger partial charge is 0.257 e. The maximum atomic E-state index is 11.6. The van der Waals surface area contributed by atoms with Gasteiger partial charge in [-0.2, -0.15) is 0 Å². The fourth-order valence-corrected chi connectivity index (χ4v) is 2.27. The molecule has 2 aromatic rings. The largest absolute Gasteiger partial charge is 0.431 e. The molecular weight excluding hydrogens is 278 g/mol. The van der Waals surface area contributed by atoms with Crippen LogP contribution in [0.1, 0.15) is 6.42 Å². The van der Waals surface area contributed by atoms with E-state index in [0.29, 0.717) is 29.6 Å². The molecule has 0 aliphatic rings. The number of nitrogen functional groups attached to an aromatic ring is 1. The number of anilines is 1. The summed E-state index contributed by atoms with van der Waals surface area (Å²) in [5.74, 6) is 0.225. The van der Waals surface area contributed by atoms with Crippen LogP contribution in [0.2, 0.25) is 0 Å². The van der Waals surface area contributed by atoms with Crippen molar-refractivity contribution in [3.05, 3.63) is 18.2 Å². The molecule has 1 aromatic heterocycles. The van der Waals surface area contributed by atoms with Gasteiger partial charge >= 0.3 is 0 Å². The van der Waals surface area contributed by atoms with Crippen LogP contribution in [0.3, 0.4) is 0 Å². The topological polar surface area (TPSA) is 90.4 Å². The van der Waals surface area contributed by atoms with E-state index in [1.54, 1.807) is 25.3 Å². The number of thioether (sulfide) groups is 1. The number of nitrogens with two attached hydrogens (primary N) is 1. The predicted octanol–water partition coefficient (Wildman–Crippen LogP) is 1.65. The van der Waals surface area contributed by atoms with Gasteiger partial charge in [-0.05, 0) is 18.6 Å². The molecule has 6 nitrogen and oxygen atoms in total. The second kappa shape index (κ2) is 7.16. The van der Waals surface area contributed by atoms with Gasteiger partial charge in [-0.15, -0.1) is 0 Å². The van der Waals surface area contributed by atoms with Crippen LogP contribution in [0.5, 0.6) is 0 Å². The number of nitrogens with one attached hydrogen (secondary N) is 1. The van der Waals surface area contributed by atoms with Crippen LogP contribution in [0, 0.1) is 0 Å². The van der Waals surface area contributed by atoms with Gasteiger partial charge in [-0.25, -0.2) is 4.98 Å². The summed E-state index contributed by atoms with van der Waals surface area (Å²) in [6, 6.07) is 5.28. The maximum absolute atomic E-state index is 11.6. The lowest BCUT2D eigenvalue weighted by Gasteiger charge is -2.02. The zero-order valence-corrected chi connectivity index (χ0v) is 12.0. The third-order valence-corrected chi connectivity index (χ3v) is 3.40. The van der Waals surface area contributed by atoms with Crippen molar-refractivity contribution in [2.75, 3.05) is 31.7 Å². The Labute approximate surface area is 121 Å². The number of ether oxygens (including phenoxy) is 1. The molecule has 1 aromatic carbocycles. The first-order chi connectivity index (χ1) is 9.69. The van der Waals surface area contributed by atoms with Gasteiger partial charge in [0.25, 0.3) is 5.22 Å². The molecule has 0 aliphatic carbocycles. The fourth-order valence-electron chi connectivity index (χ4n) is 1.60. The number of aromatic nitrogens is 1. The van der Waals surface area contributed by atoms with Crippen molar-refractivity contribution in [3.8, 4) is 0 Å². The van der Waals surface area contributed by atoms with Gasteiger partial charge in [0, 0.05) is 32.0 Å². The molecule has 1 amide bonds. The Morgan fingerprint density at radius 2 is 2.40 bits per heavy atom. The highest BCUT2D eigenvalue weighted by molar-refractivity contribution is 7.99. The van der Waals surface area contributed by atoms with E-state index in [0.717, 1.165) is 11.9 Å². The van der Waals surface area contributed by atoms with Crippen LogP contribution in [-0.4, -0.2) is 36.9 Å². The minimum absolute atomic E-state index is 0.0483. The number of oxazole rings is 1. The predicted molar refractivity (Wildman–Crippen MR) is 78.6 cm³/mol. The molecule has 0 aliphatic heterocycles. The van der Waals surface area contributed by atoms with Gasteiger partial charge in [0.2, 0.25) is 5.91 Å². The molecule has 0 atom stereocenters. The summed E-state index contributed by atoms with van der Waals surface area (Å²) in [5.41, 5.74) is 7.66. The van der Waals surface area contributed by atoms with Crippen molar-refractivity contribution in [2.24, 2.45) is 0 Å². The van der Waals surface area contributed by atoms with E-state index in [2.05, 4.69) is 10.3 Å². The quantitative estimate of drug-likeness (QED) is 0.458. The van der Waals surface area contributed by atoms with E-state index in [1.807, 2.05) is 0 Å². The fraction of sp³-hybridized carbons (Fsp3) is 0.385. The first-order valence-electron chi connectivity index (χ1n) is 6.23. The number of nitrogens with zero attached hydrogens (tertiary/aromatic N) is 1. The summed E-state index contributed by atoms with van der Waals surface area (Å²) < 4.78 is 10.4. The van der Waals surface area contributed by atoms with Crippen LogP contribution < -0.4 is 11.1 Å². The first-order valence-corrected chi connectivity index (χ1v) is 7.22. The maximum Gasteiger partial charge on any atom is 0.257 e. The Morgan fingerprint density at radius 3 is 3.20 bits per heavy atom. The lowest BCUT2D eigenvalue weighted by molar-refractivity contribution is -0.118. The van der Waals surface area contributed by atoms with Gasteiger partial charge in [0.05, 0.1) is 5.75 Å². The van der Waals surface area contributed by atoms with E-state index >= 15 is 0 Å². The summed E-state index contributed by atoms with van der Waals surface area (Å²) >= 11 is 1.26. The van der Waals surface area contributed by atoms with E-state index in [1.165, 1.54) is 11.8 Å². The van der Waals surface area contributed by atoms with Crippen LogP contribution in [-0.2, 0) is 9.53 Å². The third-order valence-electron chi connectivity index (χ3n) is 2.57. The first kappa shape index (κ1) is 14.7. The molecule has 3 N–H and O–H groups in total. The van der Waals surface area contributed by atoms with Crippen molar-refractivity contribution < 1.29 is 13.9 Å². The van der Waals surface area contributed by atoms with Gasteiger partial charge in [-0.1, -0.05) is 11.8 Å². The molecule has 0 saturated heterocycles. The van der Waals surface area contributed by atoms with E-state index in [9.17, 15) is 4.79 Å². The molecule has 108 valence electrons. The highest BCUT2D eigenvalue weighted by Crippen LogP contribution is 2.24. The third kappa shape index (κ3) is 4.14. The minimum Gasteiger partial charge on any atom is -0.431 e. The average molecular weight is 295 g/mol. The molecule has 0 unspecified atom stereocenters. The average Bonchev–Trinajstić information content (AvgIpc) is 2.83. The van der Waals surface area contributed by atoms with Crippen molar-refractivity contribution >= 4 is 34.5 Å². The number of carbonyl (C=O) groups excluding carboxylic acids is 1. The van der Waals surface area contributed by atoms with Gasteiger partial charge in [0.1, 0.15) is 5.52 Å². The lowest BCUT2D eigenvalue weighted by Crippen LogP contribution is -2.26. The standard InChI is InChI=1S/C13H17N3O3S/c1-18-6-2-5-15-12(17)8-20-13-16-10-4-3-9(14)7-11(10)19-13/h3-4,7H,2,5-6,8,14H2,1H3,(H,15,17). The number of hydrogen-bond acceptors (Lipinski definition) is 6. The van der Waals surface area contributed by atoms with Crippen molar-refractivity contribution in [1.82, 2.24) is 10.3 Å². The van der Waals surface area contributed by atoms with E-state index in [-0.39, 0.29) is 11.7 Å². The minimum atomic E-state index is -0.0483. The molecule has 0 spiro atoms. The van der Waals surface area contributed by atoms with Crippen molar-refractivity contribution in [3.63, 3.8) is 0 Å². The molecular formula is C13H17N3O3S. The molecule has 0 saturated carbocycles. The van der Waals surface area contributed by atoms with Crippen LogP contribution in [0.25, 0.3) is 11.1 Å². The van der Waals surface area contributed by atoms with Crippen LogP contribution >= 0.6 is 11.8 Å². The number of carbonyl (C=O) groups is 1. The zero-order valence-electron chi connectivity index (χ0n) is 11.2. The van der Waals surface area contributed by atoms with Crippen LogP contribution in [0.15, 0.2) is 27.8 Å². The number of rotatable bonds is 7. The highest BCUT2D eigenvalue weighted by Gasteiger charge is 2.09. The van der Waals surface area contributed by atoms with Crippen molar-refractivity contribution in [2.45, 2.75) is 11.6 Å². The Balaban J connectivity index is 1.81. The Morgan fingerprint density at radius 1 is 1.55 bits per heavy atom. The lowest BCUT2D eigenvalue weighted by atomic mass is 10.3. The Hall–Kier alpha value is -1.73. The molecule has 1 heterocycles. The Bertz CT molecular complexity index is 585. The summed E-state index contributed by atoms with van der Waals surface area (Å²) in [7, 11) is 1.64. The second-order valence-electron chi connectivity index (χ2n) is 4.19. The monoisotopic (exact) mass is 295 g/mol. The normalized spacial score (nSPS) is 10.8. The number of hydrogen-bond donors (Lipinski definition) is 2. The molecule has 0 fully saturated rings. The molecule has 2 rings (SSSR count). The SMILES string of the molecule is COCCCNC(=O)CSc1nc2ccc(N)cc2o1. The van der Waals surface area contributed by atoms with Crippen LogP contribution in [0.4, 0.5) is 5.69 Å². The number of fused-ring (bicyclic) bond motifs is 1. The molecule has 7 heteroatoms. The summed E-state index contributed by atoms with van der Waals surface area (Å²) in [6.45, 7) is 1.25. The number of methoxy groups -OCH3 is 1. The summed E-state index contributed by atoms with van der Waals surface area (Å²) in [5, 5.41) is 3.27. The number of benzene rings is 1. The van der Waals surface area contributed by atoms with Gasteiger partial charge < -0.3 is 20.2 Å². The summed E-state index contributed by atoms with van der Waals surface area (Å²) in [6.07, 6.45) is 0.801. The zero-order chi connectivity index (χ0) is 14.4. The van der Waals surface area contributed by atoms with Crippen molar-refractivity contribution in [1.29, 1.82) is 0 Å². The number of amides is 1. The molecule has 0 bridgehead atoms. The molecule has 0 radical (unpaired) electrons. The Kier molecular flexibility index (Phi) is 5.25. The van der Waals surface area contributed by atoms with E-state index in [4.69, 9.17) is 14.9 Å². The van der Waals surface area contributed by atoms with E-state index < -0.39 is 0 Å².